The van der Waals surface area contributed by atoms with E-state index in [4.69, 9.17) is 0 Å². The first-order chi connectivity index (χ1) is 7.40. The number of carbonyl (C=O) groups is 1. The molecule has 0 unspecified atom stereocenters. The SMILES string of the molecule is O=Cc1cccnc1Sc1cnccn1. The van der Waals surface area contributed by atoms with Gasteiger partial charge < -0.3 is 0 Å². The van der Waals surface area contributed by atoms with Gasteiger partial charge in [0.25, 0.3) is 0 Å². The van der Waals surface area contributed by atoms with E-state index in [1.807, 2.05) is 0 Å². The van der Waals surface area contributed by atoms with E-state index in [1.54, 1.807) is 36.9 Å². The van der Waals surface area contributed by atoms with E-state index in [9.17, 15) is 4.79 Å². The fourth-order valence-electron chi connectivity index (χ4n) is 1.02. The summed E-state index contributed by atoms with van der Waals surface area (Å²) in [5.74, 6) is 0. The third-order valence-electron chi connectivity index (χ3n) is 1.67. The van der Waals surface area contributed by atoms with Gasteiger partial charge in [0.1, 0.15) is 10.1 Å². The molecular weight excluding hydrogens is 210 g/mol. The highest BCUT2D eigenvalue weighted by molar-refractivity contribution is 7.99. The van der Waals surface area contributed by atoms with Crippen molar-refractivity contribution in [3.05, 3.63) is 42.5 Å². The Hall–Kier alpha value is -1.75. The second-order valence-electron chi connectivity index (χ2n) is 2.66. The zero-order chi connectivity index (χ0) is 10.5. The summed E-state index contributed by atoms with van der Waals surface area (Å²) < 4.78 is 0. The molecule has 2 heterocycles. The van der Waals surface area contributed by atoms with Crippen LogP contribution in [-0.4, -0.2) is 21.2 Å². The van der Waals surface area contributed by atoms with Crippen molar-refractivity contribution in [3.8, 4) is 0 Å². The van der Waals surface area contributed by atoms with E-state index in [1.165, 1.54) is 11.8 Å². The molecule has 2 aromatic rings. The zero-order valence-electron chi connectivity index (χ0n) is 7.70. The molecular formula is C10H7N3OS. The van der Waals surface area contributed by atoms with Crippen molar-refractivity contribution in [1.29, 1.82) is 0 Å². The zero-order valence-corrected chi connectivity index (χ0v) is 8.52. The van der Waals surface area contributed by atoms with Crippen LogP contribution in [0.4, 0.5) is 0 Å². The summed E-state index contributed by atoms with van der Waals surface area (Å²) in [4.78, 5) is 22.9. The number of aldehydes is 1. The van der Waals surface area contributed by atoms with Gasteiger partial charge in [-0.2, -0.15) is 0 Å². The molecule has 0 saturated heterocycles. The molecule has 0 aromatic carbocycles. The minimum Gasteiger partial charge on any atom is -0.298 e. The van der Waals surface area contributed by atoms with Gasteiger partial charge in [-0.1, -0.05) is 0 Å². The summed E-state index contributed by atoms with van der Waals surface area (Å²) in [7, 11) is 0. The lowest BCUT2D eigenvalue weighted by molar-refractivity contribution is 0.112. The predicted octanol–water partition coefficient (Wildman–Crippen LogP) is 1.84. The Morgan fingerprint density at radius 1 is 1.20 bits per heavy atom. The van der Waals surface area contributed by atoms with E-state index >= 15 is 0 Å². The Morgan fingerprint density at radius 3 is 2.87 bits per heavy atom. The van der Waals surface area contributed by atoms with Gasteiger partial charge in [-0.15, -0.1) is 0 Å². The summed E-state index contributed by atoms with van der Waals surface area (Å²) in [5, 5.41) is 1.37. The number of carbonyl (C=O) groups excluding carboxylic acids is 1. The minimum atomic E-state index is 0.563. The van der Waals surface area contributed by atoms with Crippen LogP contribution in [0.15, 0.2) is 47.0 Å². The monoisotopic (exact) mass is 217 g/mol. The molecule has 0 saturated carbocycles. The first-order valence-corrected chi connectivity index (χ1v) is 5.06. The second-order valence-corrected chi connectivity index (χ2v) is 3.67. The smallest absolute Gasteiger partial charge is 0.152 e. The molecule has 0 spiro atoms. The normalized spacial score (nSPS) is 9.87. The van der Waals surface area contributed by atoms with E-state index in [-0.39, 0.29) is 0 Å². The molecule has 0 aliphatic carbocycles. The first kappa shape index (κ1) is 9.79. The van der Waals surface area contributed by atoms with Gasteiger partial charge in [-0.3, -0.25) is 9.78 Å². The number of aromatic nitrogens is 3. The standard InChI is InChI=1S/C10H7N3OS/c14-7-8-2-1-3-13-10(8)15-9-6-11-4-5-12-9/h1-7H. The highest BCUT2D eigenvalue weighted by atomic mass is 32.2. The molecule has 0 N–H and O–H groups in total. The Balaban J connectivity index is 2.28. The lowest BCUT2D eigenvalue weighted by Gasteiger charge is -2.00. The average Bonchev–Trinajstić information content (AvgIpc) is 2.31. The molecule has 15 heavy (non-hydrogen) atoms. The molecule has 4 nitrogen and oxygen atoms in total. The van der Waals surface area contributed by atoms with Crippen LogP contribution in [0, 0.1) is 0 Å². The molecule has 2 rings (SSSR count). The molecule has 0 aliphatic heterocycles. The van der Waals surface area contributed by atoms with Gasteiger partial charge in [0.15, 0.2) is 6.29 Å². The van der Waals surface area contributed by atoms with Crippen molar-refractivity contribution in [2.24, 2.45) is 0 Å². The molecule has 0 radical (unpaired) electrons. The van der Waals surface area contributed by atoms with Crippen molar-refractivity contribution in [3.63, 3.8) is 0 Å². The largest absolute Gasteiger partial charge is 0.298 e. The maximum Gasteiger partial charge on any atom is 0.152 e. The fraction of sp³-hybridized carbons (Fsp3) is 0. The highest BCUT2D eigenvalue weighted by Gasteiger charge is 2.04. The van der Waals surface area contributed by atoms with Gasteiger partial charge in [0.2, 0.25) is 0 Å². The Morgan fingerprint density at radius 2 is 2.13 bits per heavy atom. The molecule has 0 fully saturated rings. The molecule has 0 amide bonds. The molecule has 0 atom stereocenters. The van der Waals surface area contributed by atoms with Crippen LogP contribution in [0.5, 0.6) is 0 Å². The summed E-state index contributed by atoms with van der Waals surface area (Å²) in [6.45, 7) is 0. The minimum absolute atomic E-state index is 0.563. The van der Waals surface area contributed by atoms with E-state index in [0.29, 0.717) is 10.6 Å². The van der Waals surface area contributed by atoms with E-state index < -0.39 is 0 Å². The molecule has 0 aliphatic rings. The van der Waals surface area contributed by atoms with Crippen molar-refractivity contribution < 1.29 is 4.79 Å². The molecule has 2 aromatic heterocycles. The van der Waals surface area contributed by atoms with Crippen LogP contribution in [0.25, 0.3) is 0 Å². The summed E-state index contributed by atoms with van der Waals surface area (Å²) in [6, 6.07) is 3.45. The first-order valence-electron chi connectivity index (χ1n) is 4.24. The van der Waals surface area contributed by atoms with Crippen LogP contribution in [-0.2, 0) is 0 Å². The Kier molecular flexibility index (Phi) is 3.04. The van der Waals surface area contributed by atoms with Crippen molar-refractivity contribution in [1.82, 2.24) is 15.0 Å². The second kappa shape index (κ2) is 4.65. The number of hydrogen-bond donors (Lipinski definition) is 0. The maximum atomic E-state index is 10.7. The van der Waals surface area contributed by atoms with Gasteiger partial charge in [0, 0.05) is 24.2 Å². The molecule has 5 heteroatoms. The summed E-state index contributed by atoms with van der Waals surface area (Å²) in [6.07, 6.45) is 7.26. The third-order valence-corrected chi connectivity index (χ3v) is 2.62. The van der Waals surface area contributed by atoms with E-state index in [0.717, 1.165) is 11.3 Å². The summed E-state index contributed by atoms with van der Waals surface area (Å²) >= 11 is 1.32. The predicted molar refractivity (Wildman–Crippen MR) is 55.8 cm³/mol. The Bertz CT molecular complexity index is 461. The fourth-order valence-corrected chi connectivity index (χ4v) is 1.79. The quantitative estimate of drug-likeness (QED) is 0.734. The highest BCUT2D eigenvalue weighted by Crippen LogP contribution is 2.24. The van der Waals surface area contributed by atoms with Gasteiger partial charge >= 0.3 is 0 Å². The van der Waals surface area contributed by atoms with Gasteiger partial charge in [-0.05, 0) is 23.9 Å². The average molecular weight is 217 g/mol. The van der Waals surface area contributed by atoms with Crippen LogP contribution in [0.2, 0.25) is 0 Å². The Labute approximate surface area is 90.8 Å². The molecule has 0 bridgehead atoms. The number of pyridine rings is 1. The summed E-state index contributed by atoms with van der Waals surface area (Å²) in [5.41, 5.74) is 0.563. The number of rotatable bonds is 3. The van der Waals surface area contributed by atoms with Gasteiger partial charge in [0.05, 0.1) is 6.20 Å². The number of nitrogens with zero attached hydrogens (tertiary/aromatic N) is 3. The lowest BCUT2D eigenvalue weighted by atomic mass is 10.3. The van der Waals surface area contributed by atoms with Crippen LogP contribution in [0.1, 0.15) is 10.4 Å². The lowest BCUT2D eigenvalue weighted by Crippen LogP contribution is -1.89. The van der Waals surface area contributed by atoms with Crippen molar-refractivity contribution in [2.45, 2.75) is 10.1 Å². The van der Waals surface area contributed by atoms with E-state index in [2.05, 4.69) is 15.0 Å². The maximum absolute atomic E-state index is 10.7. The van der Waals surface area contributed by atoms with Crippen LogP contribution >= 0.6 is 11.8 Å². The number of hydrogen-bond acceptors (Lipinski definition) is 5. The van der Waals surface area contributed by atoms with Crippen LogP contribution in [0.3, 0.4) is 0 Å². The van der Waals surface area contributed by atoms with Crippen molar-refractivity contribution >= 4 is 18.0 Å². The van der Waals surface area contributed by atoms with Gasteiger partial charge in [-0.25, -0.2) is 9.97 Å². The third kappa shape index (κ3) is 2.38. The van der Waals surface area contributed by atoms with Crippen LogP contribution < -0.4 is 0 Å². The molecule has 74 valence electrons. The van der Waals surface area contributed by atoms with Crippen molar-refractivity contribution in [2.75, 3.05) is 0 Å². The topological polar surface area (TPSA) is 55.7 Å².